The van der Waals surface area contributed by atoms with Crippen LogP contribution in [0.1, 0.15) is 5.56 Å². The van der Waals surface area contributed by atoms with Gasteiger partial charge in [-0.3, -0.25) is 0 Å². The van der Waals surface area contributed by atoms with E-state index in [0.29, 0.717) is 6.61 Å². The molecule has 0 radical (unpaired) electrons. The van der Waals surface area contributed by atoms with Crippen LogP contribution >= 0.6 is 0 Å². The molecule has 1 aromatic carbocycles. The maximum Gasteiger partial charge on any atom is 0.142 e. The molecule has 0 bridgehead atoms. The lowest BCUT2D eigenvalue weighted by Crippen LogP contribution is -1.95. The van der Waals surface area contributed by atoms with Crippen molar-refractivity contribution in [2.45, 2.75) is 6.61 Å². The molecule has 0 saturated heterocycles. The highest BCUT2D eigenvalue weighted by Gasteiger charge is 2.01. The summed E-state index contributed by atoms with van der Waals surface area (Å²) in [5.41, 5.74) is 2.10. The number of hydrogen-bond donors (Lipinski definition) is 1. The van der Waals surface area contributed by atoms with Crippen molar-refractivity contribution in [2.75, 3.05) is 26.6 Å². The van der Waals surface area contributed by atoms with Gasteiger partial charge in [0.1, 0.15) is 5.75 Å². The summed E-state index contributed by atoms with van der Waals surface area (Å²) in [6.45, 7) is 0.611. The Hall–Kier alpha value is -1.22. The number of benzene rings is 1. The normalized spacial score (nSPS) is 9.77. The molecule has 13 heavy (non-hydrogen) atoms. The van der Waals surface area contributed by atoms with Crippen LogP contribution < -0.4 is 10.1 Å². The zero-order valence-electron chi connectivity index (χ0n) is 8.26. The molecule has 0 aliphatic rings. The Labute approximate surface area is 78.7 Å². The molecule has 0 aliphatic carbocycles. The van der Waals surface area contributed by atoms with E-state index in [9.17, 15) is 0 Å². The van der Waals surface area contributed by atoms with Crippen LogP contribution in [0, 0.1) is 0 Å². The molecule has 1 rings (SSSR count). The molecule has 0 spiro atoms. The molecule has 1 aromatic rings. The first-order valence-electron chi connectivity index (χ1n) is 4.15. The van der Waals surface area contributed by atoms with Crippen molar-refractivity contribution in [2.24, 2.45) is 0 Å². The van der Waals surface area contributed by atoms with Crippen molar-refractivity contribution < 1.29 is 9.47 Å². The van der Waals surface area contributed by atoms with Crippen molar-refractivity contribution in [1.82, 2.24) is 0 Å². The van der Waals surface area contributed by atoms with Crippen LogP contribution in [-0.4, -0.2) is 21.3 Å². The number of ether oxygens (including phenoxy) is 2. The van der Waals surface area contributed by atoms with Gasteiger partial charge in [-0.15, -0.1) is 0 Å². The summed E-state index contributed by atoms with van der Waals surface area (Å²) in [7, 11) is 5.21. The van der Waals surface area contributed by atoms with Crippen molar-refractivity contribution in [3.8, 4) is 5.75 Å². The molecular formula is C10H15NO2. The monoisotopic (exact) mass is 181 g/mol. The molecule has 0 aliphatic heterocycles. The van der Waals surface area contributed by atoms with E-state index < -0.39 is 0 Å². The van der Waals surface area contributed by atoms with Crippen LogP contribution in [0.15, 0.2) is 18.2 Å². The topological polar surface area (TPSA) is 30.5 Å². The summed E-state index contributed by atoms with van der Waals surface area (Å²) in [6.07, 6.45) is 0. The fourth-order valence-corrected chi connectivity index (χ4v) is 1.20. The molecule has 0 unspecified atom stereocenters. The maximum absolute atomic E-state index is 5.21. The molecular weight excluding hydrogens is 166 g/mol. The van der Waals surface area contributed by atoms with E-state index in [2.05, 4.69) is 5.32 Å². The quantitative estimate of drug-likeness (QED) is 0.769. The smallest absolute Gasteiger partial charge is 0.142 e. The van der Waals surface area contributed by atoms with Crippen LogP contribution in [0.4, 0.5) is 5.69 Å². The third-order valence-corrected chi connectivity index (χ3v) is 1.85. The Morgan fingerprint density at radius 2 is 2.08 bits per heavy atom. The Morgan fingerprint density at radius 1 is 1.31 bits per heavy atom. The average Bonchev–Trinajstić information content (AvgIpc) is 2.18. The van der Waals surface area contributed by atoms with Gasteiger partial charge in [0.15, 0.2) is 0 Å². The molecule has 0 saturated carbocycles. The fourth-order valence-electron chi connectivity index (χ4n) is 1.20. The van der Waals surface area contributed by atoms with Gasteiger partial charge in [0.2, 0.25) is 0 Å². The molecule has 0 atom stereocenters. The molecule has 0 aromatic heterocycles. The third-order valence-electron chi connectivity index (χ3n) is 1.85. The number of nitrogens with one attached hydrogen (secondary N) is 1. The molecule has 3 heteroatoms. The van der Waals surface area contributed by atoms with Gasteiger partial charge < -0.3 is 14.8 Å². The number of methoxy groups -OCH3 is 2. The summed E-state index contributed by atoms with van der Waals surface area (Å²) < 4.78 is 10.2. The minimum atomic E-state index is 0.611. The first-order chi connectivity index (χ1) is 6.31. The maximum atomic E-state index is 5.21. The van der Waals surface area contributed by atoms with Crippen molar-refractivity contribution in [3.05, 3.63) is 23.8 Å². The van der Waals surface area contributed by atoms with Crippen molar-refractivity contribution >= 4 is 5.69 Å². The van der Waals surface area contributed by atoms with Gasteiger partial charge in [0.25, 0.3) is 0 Å². The van der Waals surface area contributed by atoms with Crippen LogP contribution in [0.25, 0.3) is 0 Å². The summed E-state index contributed by atoms with van der Waals surface area (Å²) in [5, 5.41) is 3.05. The molecule has 1 N–H and O–H groups in total. The number of rotatable bonds is 4. The van der Waals surface area contributed by atoms with E-state index in [4.69, 9.17) is 9.47 Å². The first-order valence-corrected chi connectivity index (χ1v) is 4.15. The second-order valence-corrected chi connectivity index (χ2v) is 2.72. The summed E-state index contributed by atoms with van der Waals surface area (Å²) in [5.74, 6) is 0.844. The van der Waals surface area contributed by atoms with Crippen LogP contribution in [0.2, 0.25) is 0 Å². The highest BCUT2D eigenvalue weighted by molar-refractivity contribution is 5.57. The highest BCUT2D eigenvalue weighted by atomic mass is 16.5. The van der Waals surface area contributed by atoms with E-state index in [1.165, 1.54) is 0 Å². The van der Waals surface area contributed by atoms with Crippen LogP contribution in [0.5, 0.6) is 5.75 Å². The van der Waals surface area contributed by atoms with E-state index in [1.807, 2.05) is 25.2 Å². The predicted molar refractivity (Wildman–Crippen MR) is 53.3 cm³/mol. The van der Waals surface area contributed by atoms with Crippen molar-refractivity contribution in [3.63, 3.8) is 0 Å². The second kappa shape index (κ2) is 4.72. The average molecular weight is 181 g/mol. The number of hydrogen-bond acceptors (Lipinski definition) is 3. The van der Waals surface area contributed by atoms with Gasteiger partial charge >= 0.3 is 0 Å². The fraction of sp³-hybridized carbons (Fsp3) is 0.400. The summed E-state index contributed by atoms with van der Waals surface area (Å²) >= 11 is 0. The van der Waals surface area contributed by atoms with Crippen LogP contribution in [-0.2, 0) is 11.3 Å². The molecule has 3 nitrogen and oxygen atoms in total. The van der Waals surface area contributed by atoms with E-state index in [-0.39, 0.29) is 0 Å². The summed E-state index contributed by atoms with van der Waals surface area (Å²) in [4.78, 5) is 0. The number of anilines is 1. The molecule has 72 valence electrons. The largest absolute Gasteiger partial charge is 0.495 e. The zero-order chi connectivity index (χ0) is 9.68. The van der Waals surface area contributed by atoms with Gasteiger partial charge in [0, 0.05) is 14.2 Å². The minimum absolute atomic E-state index is 0.611. The Bertz CT molecular complexity index is 274. The van der Waals surface area contributed by atoms with Crippen LogP contribution in [0.3, 0.4) is 0 Å². The Balaban J connectivity index is 2.91. The lowest BCUT2D eigenvalue weighted by Gasteiger charge is -2.09. The predicted octanol–water partition coefficient (Wildman–Crippen LogP) is 1.88. The third kappa shape index (κ3) is 2.36. The molecule has 0 amide bonds. The Morgan fingerprint density at radius 3 is 2.62 bits per heavy atom. The van der Waals surface area contributed by atoms with Gasteiger partial charge in [-0.05, 0) is 17.7 Å². The summed E-state index contributed by atoms with van der Waals surface area (Å²) in [6, 6.07) is 5.96. The first kappa shape index (κ1) is 9.86. The van der Waals surface area contributed by atoms with Gasteiger partial charge in [-0.25, -0.2) is 0 Å². The SMILES string of the molecule is CNc1ccc(COC)cc1OC. The minimum Gasteiger partial charge on any atom is -0.495 e. The lowest BCUT2D eigenvalue weighted by molar-refractivity contribution is 0.184. The zero-order valence-corrected chi connectivity index (χ0v) is 8.26. The highest BCUT2D eigenvalue weighted by Crippen LogP contribution is 2.24. The molecule has 0 fully saturated rings. The van der Waals surface area contributed by atoms with Gasteiger partial charge in [0.05, 0.1) is 19.4 Å². The van der Waals surface area contributed by atoms with Gasteiger partial charge in [-0.1, -0.05) is 6.07 Å². The Kier molecular flexibility index (Phi) is 3.58. The molecule has 0 heterocycles. The van der Waals surface area contributed by atoms with E-state index >= 15 is 0 Å². The standard InChI is InChI=1S/C10H15NO2/c1-11-9-5-4-8(7-12-2)6-10(9)13-3/h4-6,11H,7H2,1-3H3. The van der Waals surface area contributed by atoms with E-state index in [0.717, 1.165) is 17.0 Å². The van der Waals surface area contributed by atoms with E-state index in [1.54, 1.807) is 14.2 Å². The lowest BCUT2D eigenvalue weighted by atomic mass is 10.2. The second-order valence-electron chi connectivity index (χ2n) is 2.72. The van der Waals surface area contributed by atoms with Gasteiger partial charge in [-0.2, -0.15) is 0 Å². The van der Waals surface area contributed by atoms with Crippen molar-refractivity contribution in [1.29, 1.82) is 0 Å².